The van der Waals surface area contributed by atoms with Crippen LogP contribution in [0.4, 0.5) is 0 Å². The van der Waals surface area contributed by atoms with E-state index < -0.39 is 0 Å². The van der Waals surface area contributed by atoms with E-state index in [1.807, 2.05) is 30.3 Å². The molecule has 2 atom stereocenters. The standard InChI is InChI=1S/C13H17NO3/c15-9-11(10-5-2-1-3-6-10)14-13(16)12-7-4-8-17-12/h1-3,5-6,11-12,15H,4,7-9H2,(H,14,16)/t11-,12-/m1/s1. The molecular formula is C13H17NO3. The van der Waals surface area contributed by atoms with Crippen molar-refractivity contribution in [1.82, 2.24) is 5.32 Å². The summed E-state index contributed by atoms with van der Waals surface area (Å²) >= 11 is 0. The lowest BCUT2D eigenvalue weighted by Crippen LogP contribution is -2.38. The van der Waals surface area contributed by atoms with Crippen LogP contribution in [0, 0.1) is 0 Å². The van der Waals surface area contributed by atoms with Crippen LogP contribution in [0.2, 0.25) is 0 Å². The van der Waals surface area contributed by atoms with Crippen molar-refractivity contribution in [3.8, 4) is 0 Å². The van der Waals surface area contributed by atoms with Crippen molar-refractivity contribution in [3.63, 3.8) is 0 Å². The number of hydrogen-bond donors (Lipinski definition) is 2. The van der Waals surface area contributed by atoms with Crippen LogP contribution in [-0.2, 0) is 9.53 Å². The van der Waals surface area contributed by atoms with Crippen LogP contribution < -0.4 is 5.32 Å². The Kier molecular flexibility index (Phi) is 4.12. The molecule has 0 aromatic heterocycles. The third-order valence-corrected chi connectivity index (χ3v) is 2.92. The highest BCUT2D eigenvalue weighted by Crippen LogP contribution is 2.16. The average molecular weight is 235 g/mol. The first-order valence-electron chi connectivity index (χ1n) is 5.89. The Morgan fingerprint density at radius 2 is 2.24 bits per heavy atom. The van der Waals surface area contributed by atoms with Gasteiger partial charge >= 0.3 is 0 Å². The van der Waals surface area contributed by atoms with Crippen LogP contribution >= 0.6 is 0 Å². The average Bonchev–Trinajstić information content (AvgIpc) is 2.90. The zero-order chi connectivity index (χ0) is 12.1. The van der Waals surface area contributed by atoms with Crippen molar-refractivity contribution >= 4 is 5.91 Å². The number of benzene rings is 1. The summed E-state index contributed by atoms with van der Waals surface area (Å²) in [4.78, 5) is 11.8. The molecular weight excluding hydrogens is 218 g/mol. The first-order valence-corrected chi connectivity index (χ1v) is 5.89. The highest BCUT2D eigenvalue weighted by Gasteiger charge is 2.25. The Hall–Kier alpha value is -1.39. The third-order valence-electron chi connectivity index (χ3n) is 2.92. The summed E-state index contributed by atoms with van der Waals surface area (Å²) in [5.74, 6) is -0.134. The summed E-state index contributed by atoms with van der Waals surface area (Å²) in [6, 6.07) is 9.09. The van der Waals surface area contributed by atoms with Crippen LogP contribution in [0.25, 0.3) is 0 Å². The van der Waals surface area contributed by atoms with Crippen molar-refractivity contribution < 1.29 is 14.6 Å². The number of amides is 1. The Morgan fingerprint density at radius 1 is 1.47 bits per heavy atom. The van der Waals surface area contributed by atoms with E-state index in [1.54, 1.807) is 0 Å². The summed E-state index contributed by atoms with van der Waals surface area (Å²) in [7, 11) is 0. The molecule has 17 heavy (non-hydrogen) atoms. The van der Waals surface area contributed by atoms with Gasteiger partial charge in [-0.15, -0.1) is 0 Å². The van der Waals surface area contributed by atoms with Crippen LogP contribution in [-0.4, -0.2) is 30.3 Å². The molecule has 1 aliphatic rings. The smallest absolute Gasteiger partial charge is 0.249 e. The Labute approximate surface area is 101 Å². The molecule has 4 heteroatoms. The van der Waals surface area contributed by atoms with Gasteiger partial charge in [-0.1, -0.05) is 30.3 Å². The summed E-state index contributed by atoms with van der Waals surface area (Å²) in [5, 5.41) is 12.1. The first-order chi connectivity index (χ1) is 8.31. The fourth-order valence-electron chi connectivity index (χ4n) is 1.97. The molecule has 92 valence electrons. The molecule has 1 aromatic carbocycles. The van der Waals surface area contributed by atoms with Crippen LogP contribution in [0.15, 0.2) is 30.3 Å². The SMILES string of the molecule is O=C(N[C@H](CO)c1ccccc1)[C@H]1CCCO1. The molecule has 4 nitrogen and oxygen atoms in total. The predicted octanol–water partition coefficient (Wildman–Crippen LogP) is 1.02. The van der Waals surface area contributed by atoms with Gasteiger partial charge in [-0.2, -0.15) is 0 Å². The lowest BCUT2D eigenvalue weighted by molar-refractivity contribution is -0.131. The monoisotopic (exact) mass is 235 g/mol. The lowest BCUT2D eigenvalue weighted by Gasteiger charge is -2.19. The van der Waals surface area contributed by atoms with Gasteiger partial charge in [-0.3, -0.25) is 4.79 Å². The maximum absolute atomic E-state index is 11.8. The third kappa shape index (κ3) is 3.05. The minimum absolute atomic E-state index is 0.109. The van der Waals surface area contributed by atoms with E-state index in [0.717, 1.165) is 18.4 Å². The maximum atomic E-state index is 11.8. The topological polar surface area (TPSA) is 58.6 Å². The van der Waals surface area contributed by atoms with Gasteiger partial charge in [0.1, 0.15) is 6.10 Å². The second-order valence-corrected chi connectivity index (χ2v) is 4.16. The highest BCUT2D eigenvalue weighted by molar-refractivity contribution is 5.81. The van der Waals surface area contributed by atoms with E-state index in [9.17, 15) is 9.90 Å². The van der Waals surface area contributed by atoms with Gasteiger partial charge in [-0.05, 0) is 18.4 Å². The molecule has 2 N–H and O–H groups in total. The molecule has 1 amide bonds. The van der Waals surface area contributed by atoms with Gasteiger partial charge in [0.2, 0.25) is 5.91 Å². The zero-order valence-electron chi connectivity index (χ0n) is 9.63. The quantitative estimate of drug-likeness (QED) is 0.819. The van der Waals surface area contributed by atoms with Crippen molar-refractivity contribution in [3.05, 3.63) is 35.9 Å². The summed E-state index contributed by atoms with van der Waals surface area (Å²) in [5.41, 5.74) is 0.904. The fraction of sp³-hybridized carbons (Fsp3) is 0.462. The number of hydrogen-bond acceptors (Lipinski definition) is 3. The van der Waals surface area contributed by atoms with E-state index in [-0.39, 0.29) is 24.7 Å². The van der Waals surface area contributed by atoms with E-state index in [0.29, 0.717) is 6.61 Å². The van der Waals surface area contributed by atoms with Gasteiger partial charge in [0, 0.05) is 6.61 Å². The van der Waals surface area contributed by atoms with Crippen LogP contribution in [0.1, 0.15) is 24.4 Å². The molecule has 1 saturated heterocycles. The minimum Gasteiger partial charge on any atom is -0.394 e. The van der Waals surface area contributed by atoms with Crippen molar-refractivity contribution in [2.45, 2.75) is 25.0 Å². The van der Waals surface area contributed by atoms with Gasteiger partial charge < -0.3 is 15.2 Å². The zero-order valence-corrected chi connectivity index (χ0v) is 9.63. The fourth-order valence-corrected chi connectivity index (χ4v) is 1.97. The molecule has 0 saturated carbocycles. The molecule has 2 rings (SSSR count). The number of nitrogens with one attached hydrogen (secondary N) is 1. The number of aliphatic hydroxyl groups is 1. The maximum Gasteiger partial charge on any atom is 0.249 e. The largest absolute Gasteiger partial charge is 0.394 e. The highest BCUT2D eigenvalue weighted by atomic mass is 16.5. The van der Waals surface area contributed by atoms with E-state index >= 15 is 0 Å². The van der Waals surface area contributed by atoms with Crippen molar-refractivity contribution in [2.75, 3.05) is 13.2 Å². The second kappa shape index (κ2) is 5.80. The van der Waals surface area contributed by atoms with E-state index in [4.69, 9.17) is 4.74 Å². The first kappa shape index (κ1) is 12.1. The van der Waals surface area contributed by atoms with Gasteiger partial charge in [0.25, 0.3) is 0 Å². The summed E-state index contributed by atoms with van der Waals surface area (Å²) in [6.07, 6.45) is 1.33. The number of rotatable bonds is 4. The number of carbonyl (C=O) groups is 1. The molecule has 1 fully saturated rings. The van der Waals surface area contributed by atoms with Gasteiger partial charge in [-0.25, -0.2) is 0 Å². The molecule has 1 aliphatic heterocycles. The number of carbonyl (C=O) groups excluding carboxylic acids is 1. The number of ether oxygens (including phenoxy) is 1. The predicted molar refractivity (Wildman–Crippen MR) is 63.4 cm³/mol. The lowest BCUT2D eigenvalue weighted by atomic mass is 10.1. The Bertz CT molecular complexity index is 360. The Balaban J connectivity index is 1.97. The molecule has 0 bridgehead atoms. The second-order valence-electron chi connectivity index (χ2n) is 4.16. The van der Waals surface area contributed by atoms with Gasteiger partial charge in [0.15, 0.2) is 0 Å². The molecule has 0 spiro atoms. The molecule has 1 heterocycles. The molecule has 1 aromatic rings. The summed E-state index contributed by atoms with van der Waals surface area (Å²) < 4.78 is 5.30. The van der Waals surface area contributed by atoms with E-state index in [2.05, 4.69) is 5.32 Å². The van der Waals surface area contributed by atoms with Crippen LogP contribution in [0.5, 0.6) is 0 Å². The normalized spacial score (nSPS) is 21.1. The number of aliphatic hydroxyl groups excluding tert-OH is 1. The minimum atomic E-state index is -0.354. The summed E-state index contributed by atoms with van der Waals surface area (Å²) in [6.45, 7) is 0.537. The van der Waals surface area contributed by atoms with Crippen LogP contribution in [0.3, 0.4) is 0 Å². The molecule has 0 radical (unpaired) electrons. The van der Waals surface area contributed by atoms with Gasteiger partial charge in [0.05, 0.1) is 12.6 Å². The van der Waals surface area contributed by atoms with Crippen molar-refractivity contribution in [1.29, 1.82) is 0 Å². The molecule has 0 aliphatic carbocycles. The van der Waals surface area contributed by atoms with E-state index in [1.165, 1.54) is 0 Å². The van der Waals surface area contributed by atoms with Crippen molar-refractivity contribution in [2.24, 2.45) is 0 Å². The Morgan fingerprint density at radius 3 is 2.82 bits per heavy atom. The molecule has 0 unspecified atom stereocenters.